The number of hydrogen-bond donors (Lipinski definition) is 1. The molecule has 0 atom stereocenters. The van der Waals surface area contributed by atoms with E-state index in [4.69, 9.17) is 0 Å². The number of aromatic amines is 1. The Morgan fingerprint density at radius 1 is 1.15 bits per heavy atom. The third-order valence-electron chi connectivity index (χ3n) is 3.30. The van der Waals surface area contributed by atoms with Crippen LogP contribution in [0.2, 0.25) is 0 Å². The summed E-state index contributed by atoms with van der Waals surface area (Å²) in [4.78, 5) is 12.0. The lowest BCUT2D eigenvalue weighted by Gasteiger charge is -2.22. The fourth-order valence-corrected chi connectivity index (χ4v) is 2.31. The maximum atomic E-state index is 13.6. The number of fused-ring (bicyclic) bond motifs is 1. The predicted molar refractivity (Wildman–Crippen MR) is 78.0 cm³/mol. The van der Waals surface area contributed by atoms with Crippen LogP contribution in [0.1, 0.15) is 26.3 Å². The first-order chi connectivity index (χ1) is 9.45. The number of rotatable bonds is 1. The molecule has 0 aliphatic rings. The van der Waals surface area contributed by atoms with Crippen molar-refractivity contribution in [3.63, 3.8) is 0 Å². The number of imidazole rings is 1. The normalized spacial score (nSPS) is 12.0. The average molecular weight is 269 g/mol. The summed E-state index contributed by atoms with van der Waals surface area (Å²) in [5.41, 5.74) is 3.23. The number of halogens is 1. The number of aromatic nitrogens is 3. The van der Waals surface area contributed by atoms with Crippen LogP contribution in [0.4, 0.5) is 4.39 Å². The van der Waals surface area contributed by atoms with Crippen molar-refractivity contribution in [2.45, 2.75) is 26.2 Å². The molecule has 0 unspecified atom stereocenters. The third kappa shape index (κ3) is 2.18. The minimum Gasteiger partial charge on any atom is -0.323 e. The fourth-order valence-electron chi connectivity index (χ4n) is 2.31. The largest absolute Gasteiger partial charge is 0.323 e. The Morgan fingerprint density at radius 2 is 1.95 bits per heavy atom. The molecule has 0 saturated carbocycles. The van der Waals surface area contributed by atoms with E-state index in [-0.39, 0.29) is 11.2 Å². The highest BCUT2D eigenvalue weighted by molar-refractivity contribution is 5.76. The van der Waals surface area contributed by atoms with Gasteiger partial charge in [0.25, 0.3) is 0 Å². The molecule has 0 saturated heterocycles. The second kappa shape index (κ2) is 4.40. The van der Waals surface area contributed by atoms with Crippen LogP contribution in [0.5, 0.6) is 0 Å². The van der Waals surface area contributed by atoms with Gasteiger partial charge in [-0.05, 0) is 41.3 Å². The molecule has 3 aromatic rings. The van der Waals surface area contributed by atoms with Gasteiger partial charge in [0.05, 0.1) is 0 Å². The first-order valence-corrected chi connectivity index (χ1v) is 6.56. The van der Waals surface area contributed by atoms with Crippen molar-refractivity contribution in [1.82, 2.24) is 15.0 Å². The van der Waals surface area contributed by atoms with Crippen molar-refractivity contribution < 1.29 is 4.39 Å². The molecule has 0 fully saturated rings. The van der Waals surface area contributed by atoms with Crippen molar-refractivity contribution in [3.05, 3.63) is 47.9 Å². The zero-order valence-corrected chi connectivity index (χ0v) is 11.7. The van der Waals surface area contributed by atoms with Crippen molar-refractivity contribution >= 4 is 11.2 Å². The first kappa shape index (κ1) is 12.8. The van der Waals surface area contributed by atoms with Gasteiger partial charge >= 0.3 is 0 Å². The van der Waals surface area contributed by atoms with Gasteiger partial charge in [0.15, 0.2) is 5.65 Å². The van der Waals surface area contributed by atoms with Crippen molar-refractivity contribution in [3.8, 4) is 11.4 Å². The van der Waals surface area contributed by atoms with E-state index < -0.39 is 0 Å². The summed E-state index contributed by atoms with van der Waals surface area (Å²) >= 11 is 0. The van der Waals surface area contributed by atoms with E-state index in [0.29, 0.717) is 0 Å². The summed E-state index contributed by atoms with van der Waals surface area (Å²) in [6.45, 7) is 6.19. The third-order valence-corrected chi connectivity index (χ3v) is 3.30. The van der Waals surface area contributed by atoms with Gasteiger partial charge in [-0.1, -0.05) is 20.8 Å². The van der Waals surface area contributed by atoms with Gasteiger partial charge in [-0.2, -0.15) is 0 Å². The lowest BCUT2D eigenvalue weighted by molar-refractivity contribution is 0.573. The lowest BCUT2D eigenvalue weighted by atomic mass is 9.83. The van der Waals surface area contributed by atoms with Crippen LogP contribution in [0.15, 0.2) is 36.5 Å². The number of pyridine rings is 1. The Morgan fingerprint density at radius 3 is 2.65 bits per heavy atom. The maximum absolute atomic E-state index is 13.6. The Kier molecular flexibility index (Phi) is 2.82. The highest BCUT2D eigenvalue weighted by atomic mass is 19.1. The molecule has 2 aromatic heterocycles. The standard InChI is InChI=1S/C16H16FN3/c1-16(2,3)12-9-10(17)6-7-11(12)14-19-13-5-4-8-18-15(13)20-14/h4-9H,1-3H3,(H,18,19,20). The van der Waals surface area contributed by atoms with E-state index in [1.54, 1.807) is 18.3 Å². The molecule has 1 aromatic carbocycles. The fraction of sp³-hybridized carbons (Fsp3) is 0.250. The van der Waals surface area contributed by atoms with Gasteiger partial charge in [0.2, 0.25) is 0 Å². The van der Waals surface area contributed by atoms with Crippen LogP contribution < -0.4 is 0 Å². The molecule has 4 heteroatoms. The molecule has 3 nitrogen and oxygen atoms in total. The number of nitrogens with zero attached hydrogens (tertiary/aromatic N) is 2. The van der Waals surface area contributed by atoms with E-state index in [9.17, 15) is 4.39 Å². The van der Waals surface area contributed by atoms with Gasteiger partial charge < -0.3 is 4.98 Å². The molecule has 0 radical (unpaired) electrons. The summed E-state index contributed by atoms with van der Waals surface area (Å²) in [7, 11) is 0. The second-order valence-corrected chi connectivity index (χ2v) is 5.90. The summed E-state index contributed by atoms with van der Waals surface area (Å²) in [5, 5.41) is 0. The van der Waals surface area contributed by atoms with Gasteiger partial charge in [-0.15, -0.1) is 0 Å². The van der Waals surface area contributed by atoms with E-state index in [1.807, 2.05) is 12.1 Å². The Hall–Kier alpha value is -2.23. The van der Waals surface area contributed by atoms with Gasteiger partial charge in [-0.25, -0.2) is 14.4 Å². The molecule has 20 heavy (non-hydrogen) atoms. The Balaban J connectivity index is 2.23. The van der Waals surface area contributed by atoms with E-state index >= 15 is 0 Å². The average Bonchev–Trinajstić information content (AvgIpc) is 2.81. The quantitative estimate of drug-likeness (QED) is 0.723. The van der Waals surface area contributed by atoms with Gasteiger partial charge in [-0.3, -0.25) is 0 Å². The summed E-state index contributed by atoms with van der Waals surface area (Å²) < 4.78 is 13.6. The minimum atomic E-state index is -0.229. The topological polar surface area (TPSA) is 41.6 Å². The highest BCUT2D eigenvalue weighted by Crippen LogP contribution is 2.32. The summed E-state index contributed by atoms with van der Waals surface area (Å²) in [6, 6.07) is 8.57. The number of nitrogens with one attached hydrogen (secondary N) is 1. The van der Waals surface area contributed by atoms with Crippen molar-refractivity contribution in [1.29, 1.82) is 0 Å². The number of benzene rings is 1. The molecule has 3 rings (SSSR count). The smallest absolute Gasteiger partial charge is 0.157 e. The zero-order valence-electron chi connectivity index (χ0n) is 11.7. The molecule has 2 heterocycles. The van der Waals surface area contributed by atoms with Crippen molar-refractivity contribution in [2.24, 2.45) is 0 Å². The van der Waals surface area contributed by atoms with Gasteiger partial charge in [0.1, 0.15) is 17.2 Å². The molecule has 0 amide bonds. The molecule has 102 valence electrons. The van der Waals surface area contributed by atoms with Crippen LogP contribution in [-0.2, 0) is 5.41 Å². The highest BCUT2D eigenvalue weighted by Gasteiger charge is 2.21. The first-order valence-electron chi connectivity index (χ1n) is 6.56. The van der Waals surface area contributed by atoms with Crippen LogP contribution in [-0.4, -0.2) is 15.0 Å². The zero-order chi connectivity index (χ0) is 14.3. The molecule has 1 N–H and O–H groups in total. The SMILES string of the molecule is CC(C)(C)c1cc(F)ccc1-c1nc2cccnc2[nH]1. The minimum absolute atomic E-state index is 0.163. The Labute approximate surface area is 116 Å². The van der Waals surface area contributed by atoms with Crippen LogP contribution in [0, 0.1) is 5.82 Å². The number of hydrogen-bond acceptors (Lipinski definition) is 2. The van der Waals surface area contributed by atoms with Crippen molar-refractivity contribution in [2.75, 3.05) is 0 Å². The Bertz CT molecular complexity index is 736. The summed E-state index contributed by atoms with van der Waals surface area (Å²) in [5.74, 6) is 0.497. The van der Waals surface area contributed by atoms with Crippen LogP contribution in [0.25, 0.3) is 22.6 Å². The van der Waals surface area contributed by atoms with E-state index in [2.05, 4.69) is 35.7 Å². The molecule has 0 bridgehead atoms. The molecule has 0 aliphatic carbocycles. The molecule has 0 aliphatic heterocycles. The van der Waals surface area contributed by atoms with Crippen LogP contribution in [0.3, 0.4) is 0 Å². The predicted octanol–water partition coefficient (Wildman–Crippen LogP) is 4.06. The maximum Gasteiger partial charge on any atom is 0.157 e. The molecular weight excluding hydrogens is 253 g/mol. The van der Waals surface area contributed by atoms with E-state index in [0.717, 1.165) is 28.1 Å². The van der Waals surface area contributed by atoms with E-state index in [1.165, 1.54) is 6.07 Å². The number of H-pyrrole nitrogens is 1. The van der Waals surface area contributed by atoms with Crippen LogP contribution >= 0.6 is 0 Å². The monoisotopic (exact) mass is 269 g/mol. The second-order valence-electron chi connectivity index (χ2n) is 5.90. The summed E-state index contributed by atoms with van der Waals surface area (Å²) in [6.07, 6.45) is 1.72. The lowest BCUT2D eigenvalue weighted by Crippen LogP contribution is -2.13. The van der Waals surface area contributed by atoms with Gasteiger partial charge in [0, 0.05) is 11.8 Å². The molecule has 0 spiro atoms. The molecular formula is C16H16FN3.